The Morgan fingerprint density at radius 1 is 1.21 bits per heavy atom. The molecule has 1 N–H and O–H groups in total. The summed E-state index contributed by atoms with van der Waals surface area (Å²) in [5.41, 5.74) is 3.92. The van der Waals surface area contributed by atoms with Crippen LogP contribution in [0.15, 0.2) is 23.2 Å². The first-order valence-electron chi connectivity index (χ1n) is 11.0. The number of hydrogen-bond donors (Lipinski definition) is 1. The van der Waals surface area contributed by atoms with Crippen molar-refractivity contribution in [3.05, 3.63) is 34.9 Å². The molecule has 1 aromatic rings. The fourth-order valence-corrected chi connectivity index (χ4v) is 4.44. The molecule has 0 saturated carbocycles. The smallest absolute Gasteiger partial charge is 0.194 e. The largest absolute Gasteiger partial charge is 0.370 e. The van der Waals surface area contributed by atoms with E-state index in [4.69, 9.17) is 9.73 Å². The summed E-state index contributed by atoms with van der Waals surface area (Å²) in [5.74, 6) is 1.74. The molecule has 0 aliphatic carbocycles. The van der Waals surface area contributed by atoms with E-state index in [1.165, 1.54) is 49.2 Å². The first-order valence-corrected chi connectivity index (χ1v) is 11.0. The van der Waals surface area contributed by atoms with Gasteiger partial charge in [0.2, 0.25) is 0 Å². The molecule has 2 aliphatic heterocycles. The van der Waals surface area contributed by atoms with Gasteiger partial charge in [-0.05, 0) is 63.7 Å². The van der Waals surface area contributed by atoms with Crippen molar-refractivity contribution < 1.29 is 4.74 Å². The monoisotopic (exact) mass is 514 g/mol. The number of morpholine rings is 1. The van der Waals surface area contributed by atoms with Crippen LogP contribution in [-0.2, 0) is 4.74 Å². The summed E-state index contributed by atoms with van der Waals surface area (Å²) in [7, 11) is 0. The summed E-state index contributed by atoms with van der Waals surface area (Å²) in [6.07, 6.45) is 2.63. The highest BCUT2D eigenvalue weighted by Gasteiger charge is 2.26. The van der Waals surface area contributed by atoms with Crippen molar-refractivity contribution in [2.24, 2.45) is 10.9 Å². The van der Waals surface area contributed by atoms with Gasteiger partial charge >= 0.3 is 0 Å². The highest BCUT2D eigenvalue weighted by molar-refractivity contribution is 14.0. The second-order valence-electron chi connectivity index (χ2n) is 8.32. The van der Waals surface area contributed by atoms with Crippen LogP contribution in [0.3, 0.4) is 0 Å². The molecule has 2 heterocycles. The van der Waals surface area contributed by atoms with E-state index in [2.05, 4.69) is 61.0 Å². The molecule has 2 fully saturated rings. The van der Waals surface area contributed by atoms with E-state index in [9.17, 15) is 0 Å². The standard InChI is InChI=1S/C23H38N4O.HI/c1-5-10-26-11-9-20(16-26)15-25-23(24-6-2)27-12-13-28-22(17-27)21-8-7-18(3)14-19(21)4;/h7-8,14,20,22H,5-6,9-13,15-17H2,1-4H3,(H,24,25);1H. The summed E-state index contributed by atoms with van der Waals surface area (Å²) in [4.78, 5) is 9.99. The van der Waals surface area contributed by atoms with Crippen LogP contribution in [-0.4, -0.2) is 68.2 Å². The Bertz CT molecular complexity index is 666. The first-order chi connectivity index (χ1) is 13.6. The second-order valence-corrected chi connectivity index (χ2v) is 8.32. The minimum absolute atomic E-state index is 0. The van der Waals surface area contributed by atoms with E-state index in [1.54, 1.807) is 0 Å². The Balaban J connectivity index is 0.00000300. The van der Waals surface area contributed by atoms with E-state index < -0.39 is 0 Å². The van der Waals surface area contributed by atoms with Crippen molar-refractivity contribution in [1.29, 1.82) is 0 Å². The molecule has 0 spiro atoms. The molecule has 2 atom stereocenters. The van der Waals surface area contributed by atoms with Crippen molar-refractivity contribution in [2.75, 3.05) is 52.4 Å². The lowest BCUT2D eigenvalue weighted by Crippen LogP contribution is -2.48. The number of ether oxygens (including phenoxy) is 1. The topological polar surface area (TPSA) is 40.1 Å². The van der Waals surface area contributed by atoms with Crippen LogP contribution in [0.4, 0.5) is 0 Å². The van der Waals surface area contributed by atoms with Crippen LogP contribution >= 0.6 is 24.0 Å². The Kier molecular flexibility index (Phi) is 10.2. The fourth-order valence-electron chi connectivity index (χ4n) is 4.44. The zero-order valence-electron chi connectivity index (χ0n) is 18.6. The summed E-state index contributed by atoms with van der Waals surface area (Å²) < 4.78 is 6.13. The third kappa shape index (κ3) is 6.82. The third-order valence-corrected chi connectivity index (χ3v) is 5.88. The van der Waals surface area contributed by atoms with Crippen LogP contribution in [0.25, 0.3) is 0 Å². The van der Waals surface area contributed by atoms with Gasteiger partial charge in [-0.15, -0.1) is 24.0 Å². The van der Waals surface area contributed by atoms with Crippen molar-refractivity contribution in [3.8, 4) is 0 Å². The quantitative estimate of drug-likeness (QED) is 0.354. The Labute approximate surface area is 194 Å². The summed E-state index contributed by atoms with van der Waals surface area (Å²) >= 11 is 0. The number of aryl methyl sites for hydroxylation is 2. The molecule has 0 radical (unpaired) electrons. The minimum atomic E-state index is 0. The molecule has 164 valence electrons. The molecule has 6 heteroatoms. The second kappa shape index (κ2) is 12.1. The summed E-state index contributed by atoms with van der Waals surface area (Å²) in [5, 5.41) is 3.52. The van der Waals surface area contributed by atoms with Gasteiger partial charge in [0.05, 0.1) is 13.2 Å². The van der Waals surface area contributed by atoms with Crippen LogP contribution in [0, 0.1) is 19.8 Å². The Morgan fingerprint density at radius 2 is 2.03 bits per heavy atom. The molecular weight excluding hydrogens is 475 g/mol. The number of halogens is 1. The van der Waals surface area contributed by atoms with Crippen molar-refractivity contribution in [3.63, 3.8) is 0 Å². The predicted octanol–water partition coefficient (Wildman–Crippen LogP) is 3.99. The zero-order chi connectivity index (χ0) is 19.9. The van der Waals surface area contributed by atoms with Gasteiger partial charge in [0.25, 0.3) is 0 Å². The lowest BCUT2D eigenvalue weighted by molar-refractivity contribution is -0.00835. The number of guanidine groups is 1. The average molecular weight is 514 g/mol. The highest BCUT2D eigenvalue weighted by atomic mass is 127. The van der Waals surface area contributed by atoms with Gasteiger partial charge in [-0.25, -0.2) is 0 Å². The van der Waals surface area contributed by atoms with Crippen LogP contribution in [0.1, 0.15) is 49.5 Å². The number of nitrogens with zero attached hydrogens (tertiary/aromatic N) is 3. The molecule has 0 bridgehead atoms. The number of benzene rings is 1. The Hall–Kier alpha value is -0.860. The lowest BCUT2D eigenvalue weighted by Gasteiger charge is -2.36. The van der Waals surface area contributed by atoms with Gasteiger partial charge in [0.15, 0.2) is 5.96 Å². The fraction of sp³-hybridized carbons (Fsp3) is 0.696. The van der Waals surface area contributed by atoms with Crippen molar-refractivity contribution >= 4 is 29.9 Å². The first kappa shape index (κ1) is 24.4. The molecule has 0 amide bonds. The molecule has 5 nitrogen and oxygen atoms in total. The average Bonchev–Trinajstić information content (AvgIpc) is 3.13. The van der Waals surface area contributed by atoms with Crippen molar-refractivity contribution in [1.82, 2.24) is 15.1 Å². The van der Waals surface area contributed by atoms with Crippen LogP contribution < -0.4 is 5.32 Å². The molecule has 3 rings (SSSR count). The number of rotatable bonds is 6. The zero-order valence-corrected chi connectivity index (χ0v) is 20.9. The maximum absolute atomic E-state index is 6.13. The molecule has 2 unspecified atom stereocenters. The molecule has 2 saturated heterocycles. The highest BCUT2D eigenvalue weighted by Crippen LogP contribution is 2.26. The maximum atomic E-state index is 6.13. The number of hydrogen-bond acceptors (Lipinski definition) is 3. The number of likely N-dealkylation sites (tertiary alicyclic amines) is 1. The van der Waals surface area contributed by atoms with Gasteiger partial charge in [-0.3, -0.25) is 4.99 Å². The minimum Gasteiger partial charge on any atom is -0.370 e. The maximum Gasteiger partial charge on any atom is 0.194 e. The number of nitrogens with one attached hydrogen (secondary N) is 1. The SMILES string of the molecule is CCCN1CCC(CN=C(NCC)N2CCOC(c3ccc(C)cc3C)C2)C1.I. The van der Waals surface area contributed by atoms with Gasteiger partial charge in [-0.1, -0.05) is 30.7 Å². The number of aliphatic imine (C=N–C) groups is 1. The van der Waals surface area contributed by atoms with Gasteiger partial charge < -0.3 is 19.9 Å². The third-order valence-electron chi connectivity index (χ3n) is 5.88. The van der Waals surface area contributed by atoms with Crippen molar-refractivity contribution in [2.45, 2.75) is 46.6 Å². The summed E-state index contributed by atoms with van der Waals surface area (Å²) in [6, 6.07) is 6.66. The predicted molar refractivity (Wildman–Crippen MR) is 132 cm³/mol. The normalized spacial score (nSPS) is 23.2. The van der Waals surface area contributed by atoms with Gasteiger partial charge in [0.1, 0.15) is 6.10 Å². The molecule has 0 aromatic heterocycles. The summed E-state index contributed by atoms with van der Waals surface area (Å²) in [6.45, 7) is 16.7. The van der Waals surface area contributed by atoms with Gasteiger partial charge in [-0.2, -0.15) is 0 Å². The van der Waals surface area contributed by atoms with E-state index in [-0.39, 0.29) is 30.1 Å². The van der Waals surface area contributed by atoms with E-state index >= 15 is 0 Å². The van der Waals surface area contributed by atoms with Gasteiger partial charge in [0, 0.05) is 26.2 Å². The van der Waals surface area contributed by atoms with E-state index in [0.717, 1.165) is 38.7 Å². The molecule has 2 aliphatic rings. The molecule has 29 heavy (non-hydrogen) atoms. The van der Waals surface area contributed by atoms with Crippen LogP contribution in [0.5, 0.6) is 0 Å². The molecular formula is C23H39IN4O. The van der Waals surface area contributed by atoms with E-state index in [1.807, 2.05) is 0 Å². The Morgan fingerprint density at radius 3 is 2.76 bits per heavy atom. The van der Waals surface area contributed by atoms with E-state index in [0.29, 0.717) is 5.92 Å². The van der Waals surface area contributed by atoms with Crippen LogP contribution in [0.2, 0.25) is 0 Å². The lowest BCUT2D eigenvalue weighted by atomic mass is 10.00. The molecule has 1 aromatic carbocycles.